The fourth-order valence-corrected chi connectivity index (χ4v) is 5.06. The van der Waals surface area contributed by atoms with Gasteiger partial charge in [-0.2, -0.15) is 0 Å². The minimum atomic E-state index is -0.959. The van der Waals surface area contributed by atoms with Crippen LogP contribution in [0.15, 0.2) is 36.4 Å². The highest BCUT2D eigenvalue weighted by Crippen LogP contribution is 2.58. The molecule has 0 spiro atoms. The summed E-state index contributed by atoms with van der Waals surface area (Å²) < 4.78 is 5.89. The van der Waals surface area contributed by atoms with Gasteiger partial charge in [0.05, 0.1) is 17.3 Å². The Morgan fingerprint density at radius 3 is 2.48 bits per heavy atom. The first-order chi connectivity index (χ1) is 12.6. The zero-order valence-corrected chi connectivity index (χ0v) is 16.3. The summed E-state index contributed by atoms with van der Waals surface area (Å²) in [5, 5.41) is 31.4. The number of aromatic hydroxyl groups is 1. The van der Waals surface area contributed by atoms with Crippen LogP contribution in [0.25, 0.3) is 0 Å². The lowest BCUT2D eigenvalue weighted by Gasteiger charge is -2.43. The number of ether oxygens (including phenoxy) is 1. The second kappa shape index (κ2) is 6.95. The summed E-state index contributed by atoms with van der Waals surface area (Å²) in [6.45, 7) is 10.0. The summed E-state index contributed by atoms with van der Waals surface area (Å²) in [6.07, 6.45) is 1.02. The van der Waals surface area contributed by atoms with Crippen molar-refractivity contribution in [3.05, 3.63) is 42.0 Å². The molecule has 3 rings (SSSR count). The smallest absolute Gasteiger partial charge is 0.338 e. The molecule has 0 unspecified atom stereocenters. The van der Waals surface area contributed by atoms with E-state index in [9.17, 15) is 20.1 Å². The van der Waals surface area contributed by atoms with E-state index in [1.807, 2.05) is 13.8 Å². The van der Waals surface area contributed by atoms with Crippen molar-refractivity contribution in [1.82, 2.24) is 0 Å². The van der Waals surface area contributed by atoms with Crippen LogP contribution in [0.5, 0.6) is 5.75 Å². The normalized spacial score (nSPS) is 36.4. The highest BCUT2D eigenvalue weighted by atomic mass is 16.5. The van der Waals surface area contributed by atoms with Crippen molar-refractivity contribution in [2.24, 2.45) is 17.3 Å². The largest absolute Gasteiger partial charge is 0.508 e. The summed E-state index contributed by atoms with van der Waals surface area (Å²) >= 11 is 0. The molecular formula is C22H30O5. The third-order valence-electron chi connectivity index (χ3n) is 6.71. The van der Waals surface area contributed by atoms with Crippen molar-refractivity contribution in [2.45, 2.75) is 64.3 Å². The molecule has 5 heteroatoms. The number of carbonyl (C=O) groups is 1. The zero-order chi connectivity index (χ0) is 20.0. The fourth-order valence-electron chi connectivity index (χ4n) is 5.06. The minimum absolute atomic E-state index is 0.00251. The number of phenolic OH excluding ortho intramolecular Hbond substituents is 1. The first-order valence-corrected chi connectivity index (χ1v) is 9.65. The van der Waals surface area contributed by atoms with Gasteiger partial charge in [0.15, 0.2) is 0 Å². The van der Waals surface area contributed by atoms with Gasteiger partial charge in [0.25, 0.3) is 0 Å². The van der Waals surface area contributed by atoms with E-state index in [0.717, 1.165) is 6.42 Å². The van der Waals surface area contributed by atoms with Gasteiger partial charge in [-0.15, -0.1) is 0 Å². The van der Waals surface area contributed by atoms with Gasteiger partial charge < -0.3 is 20.1 Å². The third-order valence-corrected chi connectivity index (χ3v) is 6.71. The number of carbonyl (C=O) groups excluding carboxylic acids is 1. The molecule has 2 aliphatic carbocycles. The van der Waals surface area contributed by atoms with Crippen molar-refractivity contribution in [3.8, 4) is 5.75 Å². The molecule has 1 aromatic carbocycles. The van der Waals surface area contributed by atoms with Gasteiger partial charge in [-0.05, 0) is 60.4 Å². The Morgan fingerprint density at radius 2 is 1.89 bits per heavy atom. The van der Waals surface area contributed by atoms with Crippen LogP contribution in [0.2, 0.25) is 0 Å². The number of fused-ring (bicyclic) bond motifs is 1. The maximum absolute atomic E-state index is 12.7. The molecule has 2 saturated carbocycles. The van der Waals surface area contributed by atoms with Crippen LogP contribution in [0, 0.1) is 17.3 Å². The van der Waals surface area contributed by atoms with Crippen LogP contribution in [-0.2, 0) is 4.74 Å². The van der Waals surface area contributed by atoms with Crippen molar-refractivity contribution in [3.63, 3.8) is 0 Å². The number of esters is 1. The van der Waals surface area contributed by atoms with E-state index in [1.54, 1.807) is 0 Å². The van der Waals surface area contributed by atoms with E-state index in [0.29, 0.717) is 30.4 Å². The summed E-state index contributed by atoms with van der Waals surface area (Å²) in [6, 6.07) is 5.91. The number of aliphatic hydroxyl groups is 2. The van der Waals surface area contributed by atoms with Gasteiger partial charge in [-0.3, -0.25) is 0 Å². The van der Waals surface area contributed by atoms with Crippen molar-refractivity contribution < 1.29 is 24.9 Å². The molecule has 1 aromatic rings. The molecule has 0 amide bonds. The van der Waals surface area contributed by atoms with Crippen LogP contribution in [-0.4, -0.2) is 39.1 Å². The first kappa shape index (κ1) is 19.9. The molecule has 0 aliphatic heterocycles. The Morgan fingerprint density at radius 1 is 1.26 bits per heavy atom. The van der Waals surface area contributed by atoms with E-state index >= 15 is 0 Å². The molecule has 0 bridgehead atoms. The van der Waals surface area contributed by atoms with Gasteiger partial charge in [0, 0.05) is 12.3 Å². The van der Waals surface area contributed by atoms with Crippen LogP contribution in [0.1, 0.15) is 56.8 Å². The van der Waals surface area contributed by atoms with Crippen LogP contribution >= 0.6 is 0 Å². The average Bonchev–Trinajstić information content (AvgIpc) is 2.81. The van der Waals surface area contributed by atoms with Gasteiger partial charge in [-0.1, -0.05) is 27.4 Å². The van der Waals surface area contributed by atoms with E-state index in [2.05, 4.69) is 13.5 Å². The van der Waals surface area contributed by atoms with Gasteiger partial charge in [-0.25, -0.2) is 4.79 Å². The van der Waals surface area contributed by atoms with Crippen LogP contribution in [0.3, 0.4) is 0 Å². The molecule has 27 heavy (non-hydrogen) atoms. The van der Waals surface area contributed by atoms with Crippen LogP contribution in [0.4, 0.5) is 0 Å². The number of benzene rings is 1. The Balaban J connectivity index is 1.95. The maximum Gasteiger partial charge on any atom is 0.338 e. The number of rotatable bonds is 3. The SMILES string of the molecule is C=C1C[C@H](OC(=O)c2ccc(O)cc2)[C@@H]2[C@](C)(CC[C@@]2(O)C(C)C)C[C@H]1O. The second-order valence-electron chi connectivity index (χ2n) is 8.85. The Labute approximate surface area is 160 Å². The predicted octanol–water partition coefficient (Wildman–Crippen LogP) is 3.43. The highest BCUT2D eigenvalue weighted by molar-refractivity contribution is 5.89. The lowest BCUT2D eigenvalue weighted by Crippen LogP contribution is -2.50. The molecule has 5 atom stereocenters. The van der Waals surface area contributed by atoms with Crippen LogP contribution < -0.4 is 0 Å². The molecule has 0 aromatic heterocycles. The molecule has 0 saturated heterocycles. The zero-order valence-electron chi connectivity index (χ0n) is 16.3. The van der Waals surface area contributed by atoms with Gasteiger partial charge in [0.1, 0.15) is 11.9 Å². The number of hydrogen-bond donors (Lipinski definition) is 3. The number of phenols is 1. The van der Waals surface area contributed by atoms with Crippen molar-refractivity contribution in [2.75, 3.05) is 0 Å². The molecule has 5 nitrogen and oxygen atoms in total. The van der Waals surface area contributed by atoms with E-state index in [4.69, 9.17) is 4.74 Å². The predicted molar refractivity (Wildman–Crippen MR) is 102 cm³/mol. The van der Waals surface area contributed by atoms with Gasteiger partial charge in [0.2, 0.25) is 0 Å². The summed E-state index contributed by atoms with van der Waals surface area (Å²) in [7, 11) is 0. The second-order valence-corrected chi connectivity index (χ2v) is 8.85. The third kappa shape index (κ3) is 3.50. The molecule has 0 heterocycles. The maximum atomic E-state index is 12.7. The first-order valence-electron chi connectivity index (χ1n) is 9.65. The number of aliphatic hydroxyl groups excluding tert-OH is 1. The fraction of sp³-hybridized carbons (Fsp3) is 0.591. The molecular weight excluding hydrogens is 344 g/mol. The Bertz CT molecular complexity index is 725. The molecule has 2 fully saturated rings. The van der Waals surface area contributed by atoms with E-state index in [-0.39, 0.29) is 23.0 Å². The average molecular weight is 374 g/mol. The molecule has 2 aliphatic rings. The lowest BCUT2D eigenvalue weighted by atomic mass is 9.67. The molecule has 3 N–H and O–H groups in total. The quantitative estimate of drug-likeness (QED) is 0.557. The van der Waals surface area contributed by atoms with Crippen molar-refractivity contribution >= 4 is 5.97 Å². The van der Waals surface area contributed by atoms with Crippen molar-refractivity contribution in [1.29, 1.82) is 0 Å². The molecule has 148 valence electrons. The highest BCUT2D eigenvalue weighted by Gasteiger charge is 2.60. The summed E-state index contributed by atoms with van der Waals surface area (Å²) in [4.78, 5) is 12.7. The minimum Gasteiger partial charge on any atom is -0.508 e. The van der Waals surface area contributed by atoms with E-state index < -0.39 is 23.8 Å². The Hall–Kier alpha value is -1.85. The standard InChI is InChI=1S/C22H30O5/c1-13(2)22(26)10-9-21(4)12-17(24)14(3)11-18(19(21)22)27-20(25)15-5-7-16(23)8-6-15/h5-8,13,17-19,23-24,26H,3,9-12H2,1-2,4H3/t17-,18+,19-,21-,22-/m1/s1. The molecule has 0 radical (unpaired) electrons. The van der Waals surface area contributed by atoms with E-state index in [1.165, 1.54) is 24.3 Å². The topological polar surface area (TPSA) is 87.0 Å². The lowest BCUT2D eigenvalue weighted by molar-refractivity contribution is -0.113. The summed E-state index contributed by atoms with van der Waals surface area (Å²) in [5.74, 6) is -0.692. The van der Waals surface area contributed by atoms with Gasteiger partial charge >= 0.3 is 5.97 Å². The Kier molecular flexibility index (Phi) is 5.12. The number of hydrogen-bond acceptors (Lipinski definition) is 5. The monoisotopic (exact) mass is 374 g/mol. The summed E-state index contributed by atoms with van der Waals surface area (Å²) in [5.41, 5.74) is -0.312.